The van der Waals surface area contributed by atoms with E-state index in [0.717, 1.165) is 17.8 Å². The Hall–Kier alpha value is -1.70. The first-order valence-corrected chi connectivity index (χ1v) is 8.74. The van der Waals surface area contributed by atoms with E-state index < -0.39 is 11.7 Å². The molecule has 1 saturated heterocycles. The summed E-state index contributed by atoms with van der Waals surface area (Å²) in [7, 11) is 0. The number of alkyl halides is 3. The van der Waals surface area contributed by atoms with Crippen molar-refractivity contribution in [3.63, 3.8) is 0 Å². The van der Waals surface area contributed by atoms with Gasteiger partial charge in [-0.05, 0) is 24.5 Å². The van der Waals surface area contributed by atoms with Crippen LogP contribution < -0.4 is 5.73 Å². The predicted octanol–water partition coefficient (Wildman–Crippen LogP) is 2.66. The van der Waals surface area contributed by atoms with Crippen molar-refractivity contribution in [1.82, 2.24) is 4.90 Å². The number of benzene rings is 1. The van der Waals surface area contributed by atoms with Crippen LogP contribution in [0, 0.1) is 5.92 Å². The molecule has 2 N–H and O–H groups in total. The smallest absolute Gasteiger partial charge is 0.369 e. The molecule has 0 bridgehead atoms. The number of carbonyl (C=O) groups excluding carboxylic acids is 2. The molecule has 4 nitrogen and oxygen atoms in total. The average Bonchev–Trinajstić information content (AvgIpc) is 2.54. The van der Waals surface area contributed by atoms with Gasteiger partial charge in [-0.1, -0.05) is 18.2 Å². The third-order valence-electron chi connectivity index (χ3n) is 4.06. The molecule has 1 aliphatic rings. The van der Waals surface area contributed by atoms with Gasteiger partial charge in [-0.15, -0.1) is 11.8 Å². The number of nitrogens with two attached hydrogens (primary N) is 1. The van der Waals surface area contributed by atoms with Crippen LogP contribution in [0.25, 0.3) is 0 Å². The largest absolute Gasteiger partial charge is 0.416 e. The minimum absolute atomic E-state index is 0.118. The molecule has 2 amide bonds. The molecule has 24 heavy (non-hydrogen) atoms. The van der Waals surface area contributed by atoms with Crippen molar-refractivity contribution in [3.05, 3.63) is 35.4 Å². The fraction of sp³-hybridized carbons (Fsp3) is 0.500. The topological polar surface area (TPSA) is 63.4 Å². The summed E-state index contributed by atoms with van der Waals surface area (Å²) in [6.45, 7) is 0.929. The van der Waals surface area contributed by atoms with Gasteiger partial charge in [0.05, 0.1) is 11.3 Å². The lowest BCUT2D eigenvalue weighted by Gasteiger charge is -2.30. The van der Waals surface area contributed by atoms with Crippen molar-refractivity contribution in [2.45, 2.75) is 24.8 Å². The Bertz CT molecular complexity index is 599. The second-order valence-corrected chi connectivity index (χ2v) is 6.69. The van der Waals surface area contributed by atoms with Gasteiger partial charge in [-0.25, -0.2) is 0 Å². The molecule has 0 saturated carbocycles. The molecule has 0 aromatic heterocycles. The van der Waals surface area contributed by atoms with Gasteiger partial charge >= 0.3 is 6.18 Å². The predicted molar refractivity (Wildman–Crippen MR) is 86.1 cm³/mol. The van der Waals surface area contributed by atoms with E-state index in [1.807, 2.05) is 0 Å². The molecule has 0 spiro atoms. The second-order valence-electron chi connectivity index (χ2n) is 5.71. The van der Waals surface area contributed by atoms with Crippen molar-refractivity contribution >= 4 is 23.6 Å². The van der Waals surface area contributed by atoms with Crippen molar-refractivity contribution in [2.75, 3.05) is 18.8 Å². The fourth-order valence-corrected chi connectivity index (χ4v) is 3.61. The van der Waals surface area contributed by atoms with Crippen LogP contribution in [0.2, 0.25) is 0 Å². The van der Waals surface area contributed by atoms with Crippen LogP contribution >= 0.6 is 11.8 Å². The maximum Gasteiger partial charge on any atom is 0.416 e. The molecule has 0 unspecified atom stereocenters. The maximum atomic E-state index is 12.9. The summed E-state index contributed by atoms with van der Waals surface area (Å²) in [6.07, 6.45) is -3.30. The Morgan fingerprint density at radius 2 is 1.83 bits per heavy atom. The van der Waals surface area contributed by atoms with E-state index in [4.69, 9.17) is 5.73 Å². The van der Waals surface area contributed by atoms with E-state index in [1.54, 1.807) is 11.0 Å². The highest BCUT2D eigenvalue weighted by Gasteiger charge is 2.33. The fourth-order valence-electron chi connectivity index (χ4n) is 2.68. The highest BCUT2D eigenvalue weighted by Crippen LogP contribution is 2.33. The summed E-state index contributed by atoms with van der Waals surface area (Å²) in [5.74, 6) is -0.417. The van der Waals surface area contributed by atoms with Crippen LogP contribution in [0.3, 0.4) is 0 Å². The van der Waals surface area contributed by atoms with Crippen molar-refractivity contribution < 1.29 is 22.8 Å². The Morgan fingerprint density at radius 1 is 1.21 bits per heavy atom. The number of piperidine rings is 1. The number of amides is 2. The van der Waals surface area contributed by atoms with Crippen LogP contribution in [0.4, 0.5) is 13.2 Å². The highest BCUT2D eigenvalue weighted by molar-refractivity contribution is 7.99. The molecule has 1 aromatic carbocycles. The van der Waals surface area contributed by atoms with Crippen LogP contribution in [0.1, 0.15) is 24.0 Å². The van der Waals surface area contributed by atoms with Crippen LogP contribution in [0.15, 0.2) is 24.3 Å². The van der Waals surface area contributed by atoms with E-state index in [0.29, 0.717) is 25.9 Å². The van der Waals surface area contributed by atoms with E-state index in [2.05, 4.69) is 0 Å². The number of thioether (sulfide) groups is 1. The minimum atomic E-state index is -4.39. The standard InChI is InChI=1S/C16H19F3N2O2S/c17-16(18,19)13-4-2-1-3-12(13)9-24-10-14(22)21-7-5-11(6-8-21)15(20)23/h1-4,11H,5-10H2,(H2,20,23). The number of rotatable bonds is 5. The van der Waals surface area contributed by atoms with Gasteiger partial charge in [0.25, 0.3) is 0 Å². The van der Waals surface area contributed by atoms with E-state index in [1.165, 1.54) is 12.1 Å². The molecule has 1 fully saturated rings. The molecule has 1 heterocycles. The lowest BCUT2D eigenvalue weighted by atomic mass is 9.96. The number of hydrogen-bond donors (Lipinski definition) is 1. The lowest BCUT2D eigenvalue weighted by molar-refractivity contribution is -0.138. The van der Waals surface area contributed by atoms with Gasteiger partial charge in [-0.2, -0.15) is 13.2 Å². The molecule has 1 aliphatic heterocycles. The number of primary amides is 1. The Labute approximate surface area is 142 Å². The maximum absolute atomic E-state index is 12.9. The van der Waals surface area contributed by atoms with Crippen LogP contribution in [0.5, 0.6) is 0 Å². The SMILES string of the molecule is NC(=O)C1CCN(C(=O)CSCc2ccccc2C(F)(F)F)CC1. The number of hydrogen-bond acceptors (Lipinski definition) is 3. The molecule has 0 atom stereocenters. The molecular formula is C16H19F3N2O2S. The molecule has 1 aromatic rings. The third kappa shape index (κ3) is 4.90. The Morgan fingerprint density at radius 3 is 2.42 bits per heavy atom. The molecule has 2 rings (SSSR count). The summed E-state index contributed by atoms with van der Waals surface area (Å²) in [4.78, 5) is 24.8. The Balaban J connectivity index is 1.83. The summed E-state index contributed by atoms with van der Waals surface area (Å²) in [5, 5.41) is 0. The second kappa shape index (κ2) is 7.92. The normalized spacial score (nSPS) is 16.2. The van der Waals surface area contributed by atoms with Gasteiger partial charge in [-0.3, -0.25) is 9.59 Å². The molecular weight excluding hydrogens is 341 g/mol. The lowest BCUT2D eigenvalue weighted by Crippen LogP contribution is -2.42. The first-order valence-electron chi connectivity index (χ1n) is 7.59. The van der Waals surface area contributed by atoms with Gasteiger partial charge in [0.1, 0.15) is 0 Å². The third-order valence-corrected chi connectivity index (χ3v) is 5.02. The zero-order valence-corrected chi connectivity index (χ0v) is 13.8. The zero-order chi connectivity index (χ0) is 17.7. The van der Waals surface area contributed by atoms with E-state index in [9.17, 15) is 22.8 Å². The van der Waals surface area contributed by atoms with Crippen LogP contribution in [-0.2, 0) is 21.5 Å². The summed E-state index contributed by atoms with van der Waals surface area (Å²) < 4.78 is 38.7. The van der Waals surface area contributed by atoms with Gasteiger partial charge in [0.15, 0.2) is 0 Å². The van der Waals surface area contributed by atoms with E-state index in [-0.39, 0.29) is 34.8 Å². The number of halogens is 3. The number of nitrogens with zero attached hydrogens (tertiary/aromatic N) is 1. The Kier molecular flexibility index (Phi) is 6.15. The average molecular weight is 360 g/mol. The van der Waals surface area contributed by atoms with Crippen molar-refractivity contribution in [3.8, 4) is 0 Å². The highest BCUT2D eigenvalue weighted by atomic mass is 32.2. The first kappa shape index (κ1) is 18.6. The van der Waals surface area contributed by atoms with Crippen molar-refractivity contribution in [1.29, 1.82) is 0 Å². The number of carbonyl (C=O) groups is 2. The van der Waals surface area contributed by atoms with Crippen LogP contribution in [-0.4, -0.2) is 35.6 Å². The first-order chi connectivity index (χ1) is 11.3. The molecule has 8 heteroatoms. The summed E-state index contributed by atoms with van der Waals surface area (Å²) >= 11 is 1.16. The molecule has 0 radical (unpaired) electrons. The summed E-state index contributed by atoms with van der Waals surface area (Å²) in [6, 6.07) is 5.39. The molecule has 0 aliphatic carbocycles. The van der Waals surface area contributed by atoms with Gasteiger partial charge in [0, 0.05) is 24.8 Å². The van der Waals surface area contributed by atoms with Gasteiger partial charge in [0.2, 0.25) is 11.8 Å². The monoisotopic (exact) mass is 360 g/mol. The summed E-state index contributed by atoms with van der Waals surface area (Å²) in [5.41, 5.74) is 4.76. The minimum Gasteiger partial charge on any atom is -0.369 e. The number of likely N-dealkylation sites (tertiary alicyclic amines) is 1. The van der Waals surface area contributed by atoms with Gasteiger partial charge < -0.3 is 10.6 Å². The molecule has 132 valence electrons. The van der Waals surface area contributed by atoms with Crippen molar-refractivity contribution in [2.24, 2.45) is 11.7 Å². The zero-order valence-electron chi connectivity index (χ0n) is 13.0. The quantitative estimate of drug-likeness (QED) is 0.878. The van der Waals surface area contributed by atoms with E-state index >= 15 is 0 Å².